The molecule has 0 aromatic heterocycles. The molecule has 0 saturated carbocycles. The van der Waals surface area contributed by atoms with Gasteiger partial charge in [0.05, 0.1) is 0 Å². The summed E-state index contributed by atoms with van der Waals surface area (Å²) in [7, 11) is 0. The topological polar surface area (TPSA) is 63.6 Å². The maximum Gasteiger partial charge on any atom is 1.00 e. The van der Waals surface area contributed by atoms with Crippen LogP contribution in [-0.4, -0.2) is 17.0 Å². The second kappa shape index (κ2) is 8.01. The minimum atomic E-state index is -1.18. The minimum Gasteiger partial charge on any atom is -1.00 e. The van der Waals surface area contributed by atoms with Gasteiger partial charge in [-0.1, -0.05) is 30.3 Å². The Morgan fingerprint density at radius 2 is 1.87 bits per heavy atom. The molecule has 4 nitrogen and oxygen atoms in total. The van der Waals surface area contributed by atoms with E-state index in [-0.39, 0.29) is 59.4 Å². The van der Waals surface area contributed by atoms with Crippen LogP contribution < -0.4 is 51.4 Å². The Balaban J connectivity index is 0. The average Bonchev–Trinajstić information content (AvgIpc) is 2.15. The Morgan fingerprint density at radius 1 is 1.27 bits per heavy atom. The molecule has 0 bridgehead atoms. The van der Waals surface area contributed by atoms with Crippen LogP contribution in [0.5, 0.6) is 0 Å². The number of aliphatic carboxylic acids is 1. The van der Waals surface area contributed by atoms with Crippen LogP contribution in [0.2, 0.25) is 0 Å². The maximum absolute atomic E-state index is 10.8. The van der Waals surface area contributed by atoms with E-state index in [2.05, 4.69) is 0 Å². The molecule has 0 radical (unpaired) electrons. The van der Waals surface area contributed by atoms with Crippen molar-refractivity contribution >= 4 is 11.9 Å². The molecule has 1 aromatic rings. The van der Waals surface area contributed by atoms with E-state index in [1.165, 1.54) is 0 Å². The second-order valence-electron chi connectivity index (χ2n) is 2.72. The molecule has 0 atom stereocenters. The van der Waals surface area contributed by atoms with Crippen molar-refractivity contribution in [2.24, 2.45) is 0 Å². The molecule has 76 valence electrons. The van der Waals surface area contributed by atoms with E-state index in [0.29, 0.717) is 0 Å². The molecule has 1 N–H and O–H groups in total. The molecule has 0 saturated heterocycles. The first kappa shape index (κ1) is 14.8. The van der Waals surface area contributed by atoms with Crippen molar-refractivity contribution in [1.82, 2.24) is 0 Å². The summed E-state index contributed by atoms with van der Waals surface area (Å²) in [5.41, 5.74) is 0.839. The normalized spacial score (nSPS) is 8.80. The van der Waals surface area contributed by atoms with Gasteiger partial charge < -0.3 is 11.3 Å². The van der Waals surface area contributed by atoms with Crippen molar-refractivity contribution in [2.45, 2.75) is 13.0 Å². The Kier molecular flexibility index (Phi) is 7.90. The molecule has 0 aliphatic carbocycles. The quantitative estimate of drug-likeness (QED) is 0.384. The molecule has 0 unspecified atom stereocenters. The van der Waals surface area contributed by atoms with E-state index in [1.54, 1.807) is 12.1 Å². The number of esters is 1. The van der Waals surface area contributed by atoms with Gasteiger partial charge in [0, 0.05) is 0 Å². The molecule has 0 amide bonds. The average molecular weight is 234 g/mol. The summed E-state index contributed by atoms with van der Waals surface area (Å²) in [6, 6.07) is 9.09. The van der Waals surface area contributed by atoms with Crippen LogP contribution in [0.25, 0.3) is 0 Å². The van der Waals surface area contributed by atoms with Crippen LogP contribution in [0.4, 0.5) is 0 Å². The van der Waals surface area contributed by atoms with Crippen molar-refractivity contribution < 1.29 is 72.2 Å². The molecule has 1 rings (SSSR count). The van der Waals surface area contributed by atoms with Crippen molar-refractivity contribution in [3.05, 3.63) is 35.9 Å². The van der Waals surface area contributed by atoms with Crippen molar-refractivity contribution in [3.8, 4) is 0 Å². The van der Waals surface area contributed by atoms with Crippen LogP contribution >= 0.6 is 0 Å². The number of carboxylic acids is 1. The first-order valence-electron chi connectivity index (χ1n) is 4.10. The summed E-state index contributed by atoms with van der Waals surface area (Å²) in [4.78, 5) is 20.9. The summed E-state index contributed by atoms with van der Waals surface area (Å²) < 4.78 is 4.72. The smallest absolute Gasteiger partial charge is 1.00 e. The molecule has 15 heavy (non-hydrogen) atoms. The largest absolute Gasteiger partial charge is 1.00 e. The van der Waals surface area contributed by atoms with E-state index in [4.69, 9.17) is 9.84 Å². The maximum atomic E-state index is 10.8. The van der Waals surface area contributed by atoms with E-state index >= 15 is 0 Å². The van der Waals surface area contributed by atoms with Gasteiger partial charge in [-0.2, -0.15) is 0 Å². The SMILES string of the molecule is O=C(O)CC(=O)OCc1ccccc1.[H-].[K+]. The fourth-order valence-corrected chi connectivity index (χ4v) is 0.913. The molecule has 0 aliphatic heterocycles. The van der Waals surface area contributed by atoms with E-state index in [9.17, 15) is 9.59 Å². The van der Waals surface area contributed by atoms with Gasteiger partial charge in [0.1, 0.15) is 13.0 Å². The third-order valence-electron chi connectivity index (χ3n) is 1.54. The van der Waals surface area contributed by atoms with E-state index in [1.807, 2.05) is 18.2 Å². The Labute approximate surface area is 132 Å². The van der Waals surface area contributed by atoms with E-state index < -0.39 is 18.4 Å². The number of carboxylic acid groups (broad SMARTS) is 1. The van der Waals surface area contributed by atoms with Crippen molar-refractivity contribution in [1.29, 1.82) is 0 Å². The van der Waals surface area contributed by atoms with Crippen LogP contribution in [0.15, 0.2) is 30.3 Å². The summed E-state index contributed by atoms with van der Waals surface area (Å²) in [6.45, 7) is 0.118. The standard InChI is InChI=1S/C10H10O4.K.H/c11-9(12)6-10(13)14-7-8-4-2-1-3-5-8;;/h1-5H,6-7H2,(H,11,12);;/q;+1;-1. The molecule has 1 aromatic carbocycles. The Morgan fingerprint density at radius 3 is 2.40 bits per heavy atom. The summed E-state index contributed by atoms with van der Waals surface area (Å²) in [6.07, 6.45) is -0.590. The second-order valence-corrected chi connectivity index (χ2v) is 2.72. The molecule has 0 fully saturated rings. The van der Waals surface area contributed by atoms with Crippen molar-refractivity contribution in [2.75, 3.05) is 0 Å². The molecule has 5 heteroatoms. The fraction of sp³-hybridized carbons (Fsp3) is 0.200. The summed E-state index contributed by atoms with van der Waals surface area (Å²) in [5.74, 6) is -1.90. The van der Waals surface area contributed by atoms with Gasteiger partial charge in [-0.3, -0.25) is 9.59 Å². The van der Waals surface area contributed by atoms with Crippen LogP contribution in [0, 0.1) is 0 Å². The molecule has 0 aliphatic rings. The van der Waals surface area contributed by atoms with Gasteiger partial charge in [0.15, 0.2) is 0 Å². The van der Waals surface area contributed by atoms with Crippen LogP contribution in [-0.2, 0) is 20.9 Å². The fourth-order valence-electron chi connectivity index (χ4n) is 0.913. The third-order valence-corrected chi connectivity index (χ3v) is 1.54. The zero-order valence-corrected chi connectivity index (χ0v) is 11.6. The Bertz CT molecular complexity index is 329. The summed E-state index contributed by atoms with van der Waals surface area (Å²) >= 11 is 0. The number of ether oxygens (including phenoxy) is 1. The molecular weight excluding hydrogens is 223 g/mol. The Hall–Kier alpha value is -0.204. The van der Waals surface area contributed by atoms with Crippen LogP contribution in [0.3, 0.4) is 0 Å². The first-order valence-corrected chi connectivity index (χ1v) is 4.10. The van der Waals surface area contributed by atoms with Gasteiger partial charge in [-0.05, 0) is 5.56 Å². The van der Waals surface area contributed by atoms with Crippen molar-refractivity contribution in [3.63, 3.8) is 0 Å². The number of carbonyl (C=O) groups is 2. The van der Waals surface area contributed by atoms with Gasteiger partial charge >= 0.3 is 63.3 Å². The minimum absolute atomic E-state index is 0. The van der Waals surface area contributed by atoms with Crippen LogP contribution in [0.1, 0.15) is 13.4 Å². The zero-order chi connectivity index (χ0) is 10.4. The monoisotopic (exact) mass is 234 g/mol. The number of hydrogen-bond acceptors (Lipinski definition) is 3. The van der Waals surface area contributed by atoms with Gasteiger partial charge in [0.2, 0.25) is 0 Å². The van der Waals surface area contributed by atoms with Gasteiger partial charge in [-0.25, -0.2) is 0 Å². The predicted molar refractivity (Wildman–Crippen MR) is 49.6 cm³/mol. The first-order chi connectivity index (χ1) is 6.68. The number of hydrogen-bond donors (Lipinski definition) is 1. The predicted octanol–water partition coefficient (Wildman–Crippen LogP) is -1.68. The molecule has 0 heterocycles. The van der Waals surface area contributed by atoms with Gasteiger partial charge in [-0.15, -0.1) is 0 Å². The number of rotatable bonds is 4. The molecule has 0 spiro atoms. The number of benzene rings is 1. The third kappa shape index (κ3) is 6.81. The molecular formula is C10H11KO4. The zero-order valence-electron chi connectivity index (χ0n) is 9.47. The number of carbonyl (C=O) groups excluding carboxylic acids is 1. The van der Waals surface area contributed by atoms with Gasteiger partial charge in [0.25, 0.3) is 0 Å². The summed E-state index contributed by atoms with van der Waals surface area (Å²) in [5, 5.41) is 8.28. The van der Waals surface area contributed by atoms with E-state index in [0.717, 1.165) is 5.56 Å².